The van der Waals surface area contributed by atoms with Crippen LogP contribution in [0.4, 0.5) is 0 Å². The minimum Gasteiger partial charge on any atom is -0.343 e. The van der Waals surface area contributed by atoms with E-state index in [1.54, 1.807) is 0 Å². The number of thioether (sulfide) groups is 1. The third kappa shape index (κ3) is 4.94. The maximum atomic E-state index is 12.4. The monoisotopic (exact) mass is 414 g/mol. The van der Waals surface area contributed by atoms with Gasteiger partial charge >= 0.3 is 0 Å². The Kier molecular flexibility index (Phi) is 7.12. The van der Waals surface area contributed by atoms with Crippen molar-refractivity contribution in [2.75, 3.05) is 18.8 Å². The summed E-state index contributed by atoms with van der Waals surface area (Å²) in [4.78, 5) is 14.2. The van der Waals surface area contributed by atoms with Crippen LogP contribution in [0.2, 0.25) is 5.02 Å². The summed E-state index contributed by atoms with van der Waals surface area (Å²) in [5, 5.41) is 10.1. The molecule has 1 heterocycles. The van der Waals surface area contributed by atoms with Crippen molar-refractivity contribution in [3.05, 3.63) is 71.0 Å². The van der Waals surface area contributed by atoms with Gasteiger partial charge in [0.25, 0.3) is 0 Å². The number of nitrogens with zero attached hydrogens (tertiary/aromatic N) is 4. The smallest absolute Gasteiger partial charge is 0.233 e. The lowest BCUT2D eigenvalue weighted by Crippen LogP contribution is -2.31. The SMILES string of the molecule is CCN(CC)C(=O)CSc1nnc(Cc2ccccc2)n1-c1cccc(Cl)c1. The second-order valence-corrected chi connectivity index (χ2v) is 7.61. The molecule has 0 aliphatic rings. The molecule has 0 aliphatic heterocycles. The van der Waals surface area contributed by atoms with Gasteiger partial charge in [0.2, 0.25) is 5.91 Å². The van der Waals surface area contributed by atoms with E-state index < -0.39 is 0 Å². The fourth-order valence-electron chi connectivity index (χ4n) is 2.96. The second kappa shape index (κ2) is 9.75. The van der Waals surface area contributed by atoms with Crippen LogP contribution in [0.1, 0.15) is 25.2 Å². The van der Waals surface area contributed by atoms with E-state index in [4.69, 9.17) is 11.6 Å². The second-order valence-electron chi connectivity index (χ2n) is 6.23. The van der Waals surface area contributed by atoms with E-state index in [2.05, 4.69) is 22.3 Å². The molecule has 0 saturated heterocycles. The third-order valence-electron chi connectivity index (χ3n) is 4.41. The van der Waals surface area contributed by atoms with Gasteiger partial charge in [0, 0.05) is 24.5 Å². The Balaban J connectivity index is 1.90. The third-order valence-corrected chi connectivity index (χ3v) is 5.56. The highest BCUT2D eigenvalue weighted by molar-refractivity contribution is 7.99. The molecule has 3 rings (SSSR count). The lowest BCUT2D eigenvalue weighted by atomic mass is 10.1. The van der Waals surface area contributed by atoms with Crippen molar-refractivity contribution in [3.8, 4) is 5.69 Å². The average molecular weight is 415 g/mol. The van der Waals surface area contributed by atoms with Crippen molar-refractivity contribution in [1.82, 2.24) is 19.7 Å². The predicted octanol–water partition coefficient (Wildman–Crippen LogP) is 4.47. The minimum absolute atomic E-state index is 0.0975. The van der Waals surface area contributed by atoms with Crippen LogP contribution < -0.4 is 0 Å². The van der Waals surface area contributed by atoms with Gasteiger partial charge in [-0.05, 0) is 37.6 Å². The number of hydrogen-bond acceptors (Lipinski definition) is 4. The summed E-state index contributed by atoms with van der Waals surface area (Å²) in [7, 11) is 0. The van der Waals surface area contributed by atoms with Crippen molar-refractivity contribution in [3.63, 3.8) is 0 Å². The quantitative estimate of drug-likeness (QED) is 0.510. The van der Waals surface area contributed by atoms with Crippen LogP contribution in [-0.4, -0.2) is 44.4 Å². The largest absolute Gasteiger partial charge is 0.343 e. The molecule has 0 bridgehead atoms. The van der Waals surface area contributed by atoms with Gasteiger partial charge in [0.1, 0.15) is 5.82 Å². The van der Waals surface area contributed by atoms with E-state index in [-0.39, 0.29) is 5.91 Å². The molecule has 7 heteroatoms. The number of benzene rings is 2. The van der Waals surface area contributed by atoms with Crippen molar-refractivity contribution >= 4 is 29.3 Å². The molecule has 0 atom stereocenters. The zero-order chi connectivity index (χ0) is 19.9. The first-order valence-corrected chi connectivity index (χ1v) is 10.6. The molecule has 1 amide bonds. The van der Waals surface area contributed by atoms with Gasteiger partial charge in [-0.2, -0.15) is 0 Å². The van der Waals surface area contributed by atoms with Crippen LogP contribution in [0.3, 0.4) is 0 Å². The molecule has 0 fully saturated rings. The molecule has 0 unspecified atom stereocenters. The normalized spacial score (nSPS) is 10.8. The first-order valence-electron chi connectivity index (χ1n) is 9.27. The molecule has 5 nitrogen and oxygen atoms in total. The van der Waals surface area contributed by atoms with Crippen molar-refractivity contribution < 1.29 is 4.79 Å². The van der Waals surface area contributed by atoms with Crippen LogP contribution in [-0.2, 0) is 11.2 Å². The molecule has 28 heavy (non-hydrogen) atoms. The summed E-state index contributed by atoms with van der Waals surface area (Å²) >= 11 is 7.61. The lowest BCUT2D eigenvalue weighted by molar-refractivity contribution is -0.127. The highest BCUT2D eigenvalue weighted by atomic mass is 35.5. The Bertz CT molecular complexity index is 925. The van der Waals surface area contributed by atoms with Gasteiger partial charge in [-0.1, -0.05) is 59.8 Å². The molecule has 0 N–H and O–H groups in total. The fraction of sp³-hybridized carbons (Fsp3) is 0.286. The first kappa shape index (κ1) is 20.4. The average Bonchev–Trinajstić information content (AvgIpc) is 3.10. The summed E-state index contributed by atoms with van der Waals surface area (Å²) in [5.74, 6) is 1.23. The Morgan fingerprint density at radius 2 is 1.82 bits per heavy atom. The topological polar surface area (TPSA) is 51.0 Å². The van der Waals surface area contributed by atoms with Crippen LogP contribution in [0.25, 0.3) is 5.69 Å². The van der Waals surface area contributed by atoms with E-state index in [0.717, 1.165) is 17.1 Å². The molecular weight excluding hydrogens is 392 g/mol. The zero-order valence-electron chi connectivity index (χ0n) is 16.0. The number of hydrogen-bond donors (Lipinski definition) is 0. The fourth-order valence-corrected chi connectivity index (χ4v) is 4.01. The van der Waals surface area contributed by atoms with Crippen LogP contribution in [0.5, 0.6) is 0 Å². The van der Waals surface area contributed by atoms with E-state index in [0.29, 0.717) is 35.4 Å². The highest BCUT2D eigenvalue weighted by Crippen LogP contribution is 2.25. The summed E-state index contributed by atoms with van der Waals surface area (Å²) in [6.07, 6.45) is 0.644. The number of aromatic nitrogens is 3. The summed E-state index contributed by atoms with van der Waals surface area (Å²) in [6.45, 7) is 5.38. The number of amides is 1. The molecule has 0 saturated carbocycles. The van der Waals surface area contributed by atoms with Gasteiger partial charge in [-0.3, -0.25) is 9.36 Å². The Morgan fingerprint density at radius 3 is 2.50 bits per heavy atom. The van der Waals surface area contributed by atoms with Crippen LogP contribution >= 0.6 is 23.4 Å². The van der Waals surface area contributed by atoms with E-state index >= 15 is 0 Å². The molecule has 3 aromatic rings. The molecular formula is C21H23ClN4OS. The van der Waals surface area contributed by atoms with Gasteiger partial charge in [0.15, 0.2) is 5.16 Å². The Labute approximate surface area is 174 Å². The molecule has 0 spiro atoms. The molecule has 0 aliphatic carbocycles. The lowest BCUT2D eigenvalue weighted by Gasteiger charge is -2.18. The zero-order valence-corrected chi connectivity index (χ0v) is 17.6. The highest BCUT2D eigenvalue weighted by Gasteiger charge is 2.18. The maximum Gasteiger partial charge on any atom is 0.233 e. The van der Waals surface area contributed by atoms with Crippen LogP contribution in [0, 0.1) is 0 Å². The maximum absolute atomic E-state index is 12.4. The van der Waals surface area contributed by atoms with E-state index in [9.17, 15) is 4.79 Å². The molecule has 2 aromatic carbocycles. The Hall–Kier alpha value is -2.31. The first-order chi connectivity index (χ1) is 13.6. The summed E-state index contributed by atoms with van der Waals surface area (Å²) in [5.41, 5.74) is 2.04. The number of halogens is 1. The number of carbonyl (C=O) groups excluding carboxylic acids is 1. The predicted molar refractivity (Wildman–Crippen MR) is 114 cm³/mol. The summed E-state index contributed by atoms with van der Waals surface area (Å²) in [6, 6.07) is 17.7. The van der Waals surface area contributed by atoms with E-state index in [1.165, 1.54) is 11.8 Å². The molecule has 0 radical (unpaired) electrons. The van der Waals surface area contributed by atoms with Gasteiger partial charge in [-0.15, -0.1) is 10.2 Å². The van der Waals surface area contributed by atoms with Gasteiger partial charge in [0.05, 0.1) is 11.4 Å². The van der Waals surface area contributed by atoms with Crippen LogP contribution in [0.15, 0.2) is 59.8 Å². The standard InChI is InChI=1S/C21H23ClN4OS/c1-3-25(4-2)20(27)15-28-21-24-23-19(13-16-9-6-5-7-10-16)26(21)18-12-8-11-17(22)14-18/h5-12,14H,3-4,13,15H2,1-2H3. The molecule has 146 valence electrons. The number of rotatable bonds is 8. The summed E-state index contributed by atoms with van der Waals surface area (Å²) < 4.78 is 1.99. The van der Waals surface area contributed by atoms with Gasteiger partial charge in [-0.25, -0.2) is 0 Å². The van der Waals surface area contributed by atoms with Gasteiger partial charge < -0.3 is 4.90 Å². The molecule has 1 aromatic heterocycles. The number of carbonyl (C=O) groups is 1. The minimum atomic E-state index is 0.0975. The van der Waals surface area contributed by atoms with Crippen molar-refractivity contribution in [2.45, 2.75) is 25.4 Å². The Morgan fingerprint density at radius 1 is 1.07 bits per heavy atom. The van der Waals surface area contributed by atoms with Crippen molar-refractivity contribution in [2.24, 2.45) is 0 Å². The van der Waals surface area contributed by atoms with Crippen molar-refractivity contribution in [1.29, 1.82) is 0 Å². The van der Waals surface area contributed by atoms with E-state index in [1.807, 2.05) is 65.8 Å².